The molecule has 13 heavy (non-hydrogen) atoms. The van der Waals surface area contributed by atoms with E-state index in [-0.39, 0.29) is 0 Å². The highest BCUT2D eigenvalue weighted by atomic mass is 35.5. The van der Waals surface area contributed by atoms with Crippen molar-refractivity contribution >= 4 is 11.6 Å². The fourth-order valence-corrected chi connectivity index (χ4v) is 1.77. The average Bonchev–Trinajstić information content (AvgIpc) is 2.87. The largest absolute Gasteiger partial charge is 0.301 e. The second-order valence-electron chi connectivity index (χ2n) is 4.40. The normalized spacial score (nSPS) is 17.3. The van der Waals surface area contributed by atoms with Crippen molar-refractivity contribution in [3.8, 4) is 0 Å². The first-order chi connectivity index (χ1) is 6.24. The lowest BCUT2D eigenvalue weighted by Gasteiger charge is -2.26. The third-order valence-electron chi connectivity index (χ3n) is 2.83. The number of alkyl halides is 1. The Kier molecular flexibility index (Phi) is 5.12. The third-order valence-corrected chi connectivity index (χ3v) is 3.10. The van der Waals surface area contributed by atoms with Gasteiger partial charge in [-0.2, -0.15) is 0 Å². The maximum Gasteiger partial charge on any atom is 0.0235 e. The Hall–Kier alpha value is 0.250. The summed E-state index contributed by atoms with van der Waals surface area (Å²) in [5.74, 6) is 1.85. The fourth-order valence-electron chi connectivity index (χ4n) is 1.65. The number of halogens is 1. The van der Waals surface area contributed by atoms with Gasteiger partial charge in [-0.3, -0.25) is 0 Å². The van der Waals surface area contributed by atoms with Crippen LogP contribution in [0.4, 0.5) is 0 Å². The van der Waals surface area contributed by atoms with Crippen LogP contribution in [0.3, 0.4) is 0 Å². The van der Waals surface area contributed by atoms with Crippen LogP contribution in [0.15, 0.2) is 0 Å². The highest BCUT2D eigenvalue weighted by molar-refractivity contribution is 6.17. The molecule has 0 atom stereocenters. The molecule has 0 aromatic heterocycles. The van der Waals surface area contributed by atoms with E-state index in [1.54, 1.807) is 0 Å². The summed E-state index contributed by atoms with van der Waals surface area (Å²) >= 11 is 5.70. The van der Waals surface area contributed by atoms with Gasteiger partial charge in [-0.25, -0.2) is 0 Å². The summed E-state index contributed by atoms with van der Waals surface area (Å²) in [7, 11) is 0. The Balaban J connectivity index is 2.11. The molecule has 0 unspecified atom stereocenters. The van der Waals surface area contributed by atoms with Crippen molar-refractivity contribution in [1.29, 1.82) is 0 Å². The summed E-state index contributed by atoms with van der Waals surface area (Å²) < 4.78 is 0. The van der Waals surface area contributed by atoms with Crippen LogP contribution in [-0.4, -0.2) is 29.9 Å². The third kappa shape index (κ3) is 4.87. The molecule has 1 nitrogen and oxygen atoms in total. The first-order valence-electron chi connectivity index (χ1n) is 5.54. The van der Waals surface area contributed by atoms with Crippen LogP contribution in [0.2, 0.25) is 0 Å². The highest BCUT2D eigenvalue weighted by Crippen LogP contribution is 2.32. The van der Waals surface area contributed by atoms with E-state index >= 15 is 0 Å². The van der Waals surface area contributed by atoms with E-state index in [2.05, 4.69) is 18.7 Å². The van der Waals surface area contributed by atoms with Gasteiger partial charge in [0.15, 0.2) is 0 Å². The molecule has 1 aliphatic rings. The van der Waals surface area contributed by atoms with E-state index in [4.69, 9.17) is 11.6 Å². The Morgan fingerprint density at radius 3 is 2.46 bits per heavy atom. The standard InChI is InChI=1S/C11H22ClN/c1-10(2)13(8-3-7-12)9-6-11-4-5-11/h10-11H,3-9H2,1-2H3. The molecule has 0 aromatic rings. The fraction of sp³-hybridized carbons (Fsp3) is 1.00. The summed E-state index contributed by atoms with van der Waals surface area (Å²) in [4.78, 5) is 2.56. The lowest BCUT2D eigenvalue weighted by atomic mass is 10.2. The van der Waals surface area contributed by atoms with Crippen molar-refractivity contribution < 1.29 is 0 Å². The summed E-state index contributed by atoms with van der Waals surface area (Å²) in [6.07, 6.45) is 5.48. The van der Waals surface area contributed by atoms with Gasteiger partial charge < -0.3 is 4.90 Å². The van der Waals surface area contributed by atoms with Gasteiger partial charge in [-0.15, -0.1) is 11.6 Å². The summed E-state index contributed by atoms with van der Waals surface area (Å²) in [6, 6.07) is 0.682. The predicted molar refractivity (Wildman–Crippen MR) is 59.4 cm³/mol. The van der Waals surface area contributed by atoms with Crippen LogP contribution < -0.4 is 0 Å². The SMILES string of the molecule is CC(C)N(CCCCl)CCC1CC1. The highest BCUT2D eigenvalue weighted by Gasteiger charge is 2.22. The smallest absolute Gasteiger partial charge is 0.0235 e. The molecule has 0 aromatic carbocycles. The quantitative estimate of drug-likeness (QED) is 0.575. The van der Waals surface area contributed by atoms with Crippen molar-refractivity contribution in [3.63, 3.8) is 0 Å². The molecule has 0 spiro atoms. The second-order valence-corrected chi connectivity index (χ2v) is 4.78. The van der Waals surface area contributed by atoms with E-state index in [1.807, 2.05) is 0 Å². The van der Waals surface area contributed by atoms with Crippen LogP contribution in [0.1, 0.15) is 39.5 Å². The Morgan fingerprint density at radius 1 is 1.31 bits per heavy atom. The molecular weight excluding hydrogens is 182 g/mol. The second kappa shape index (κ2) is 5.87. The minimum atomic E-state index is 0.682. The minimum Gasteiger partial charge on any atom is -0.301 e. The lowest BCUT2D eigenvalue weighted by Crippen LogP contribution is -2.33. The van der Waals surface area contributed by atoms with Crippen LogP contribution in [0, 0.1) is 5.92 Å². The van der Waals surface area contributed by atoms with E-state index in [1.165, 1.54) is 32.4 Å². The zero-order chi connectivity index (χ0) is 9.68. The van der Waals surface area contributed by atoms with Gasteiger partial charge in [0.05, 0.1) is 0 Å². The van der Waals surface area contributed by atoms with E-state index in [0.29, 0.717) is 6.04 Å². The molecule has 2 heteroatoms. The van der Waals surface area contributed by atoms with Crippen LogP contribution in [0.5, 0.6) is 0 Å². The number of rotatable bonds is 7. The number of hydrogen-bond acceptors (Lipinski definition) is 1. The van der Waals surface area contributed by atoms with Crippen molar-refractivity contribution in [2.75, 3.05) is 19.0 Å². The molecule has 1 rings (SSSR count). The molecule has 1 saturated carbocycles. The number of hydrogen-bond donors (Lipinski definition) is 0. The zero-order valence-electron chi connectivity index (χ0n) is 8.93. The monoisotopic (exact) mass is 203 g/mol. The first kappa shape index (κ1) is 11.3. The number of nitrogens with zero attached hydrogens (tertiary/aromatic N) is 1. The summed E-state index contributed by atoms with van der Waals surface area (Å²) in [6.45, 7) is 7.01. The molecule has 0 heterocycles. The van der Waals surface area contributed by atoms with Gasteiger partial charge in [-0.05, 0) is 45.7 Å². The Labute approximate surface area is 87.4 Å². The average molecular weight is 204 g/mol. The first-order valence-corrected chi connectivity index (χ1v) is 6.07. The molecule has 0 amide bonds. The van der Waals surface area contributed by atoms with Gasteiger partial charge in [0, 0.05) is 11.9 Å². The molecular formula is C11H22ClN. The topological polar surface area (TPSA) is 3.24 Å². The minimum absolute atomic E-state index is 0.682. The van der Waals surface area contributed by atoms with Crippen LogP contribution in [0.25, 0.3) is 0 Å². The van der Waals surface area contributed by atoms with Crippen molar-refractivity contribution in [2.45, 2.75) is 45.6 Å². The molecule has 0 saturated heterocycles. The lowest BCUT2D eigenvalue weighted by molar-refractivity contribution is 0.216. The Morgan fingerprint density at radius 2 is 2.00 bits per heavy atom. The molecule has 0 radical (unpaired) electrons. The van der Waals surface area contributed by atoms with E-state index < -0.39 is 0 Å². The van der Waals surface area contributed by atoms with E-state index in [9.17, 15) is 0 Å². The van der Waals surface area contributed by atoms with Gasteiger partial charge in [0.2, 0.25) is 0 Å². The molecule has 0 aliphatic heterocycles. The maximum atomic E-state index is 5.70. The molecule has 1 aliphatic carbocycles. The maximum absolute atomic E-state index is 5.70. The van der Waals surface area contributed by atoms with E-state index in [0.717, 1.165) is 18.2 Å². The zero-order valence-corrected chi connectivity index (χ0v) is 9.69. The summed E-state index contributed by atoms with van der Waals surface area (Å²) in [5, 5.41) is 0. The van der Waals surface area contributed by atoms with Gasteiger partial charge >= 0.3 is 0 Å². The Bertz CT molecular complexity index is 132. The molecule has 1 fully saturated rings. The van der Waals surface area contributed by atoms with Gasteiger partial charge in [0.1, 0.15) is 0 Å². The van der Waals surface area contributed by atoms with Crippen LogP contribution in [-0.2, 0) is 0 Å². The van der Waals surface area contributed by atoms with Gasteiger partial charge in [-0.1, -0.05) is 12.8 Å². The summed E-state index contributed by atoms with van der Waals surface area (Å²) in [5.41, 5.74) is 0. The predicted octanol–water partition coefficient (Wildman–Crippen LogP) is 3.13. The molecule has 0 bridgehead atoms. The van der Waals surface area contributed by atoms with Crippen molar-refractivity contribution in [2.24, 2.45) is 5.92 Å². The van der Waals surface area contributed by atoms with Crippen LogP contribution >= 0.6 is 11.6 Å². The van der Waals surface area contributed by atoms with Crippen molar-refractivity contribution in [1.82, 2.24) is 4.90 Å². The molecule has 78 valence electrons. The van der Waals surface area contributed by atoms with Crippen molar-refractivity contribution in [3.05, 3.63) is 0 Å². The molecule has 0 N–H and O–H groups in total. The van der Waals surface area contributed by atoms with Gasteiger partial charge in [0.25, 0.3) is 0 Å².